The Balaban J connectivity index is 1.50. The van der Waals surface area contributed by atoms with E-state index in [1.54, 1.807) is 24.4 Å². The fourth-order valence-electron chi connectivity index (χ4n) is 3.15. The fraction of sp³-hybridized carbons (Fsp3) is 0.0870. The SMILES string of the molecule is C/C(=C\C(=O)Nc1cccc(Cn2nc3ccccn3c2=O)c1)c1ccccc1. The summed E-state index contributed by atoms with van der Waals surface area (Å²) in [5, 5.41) is 7.22. The van der Waals surface area contributed by atoms with Crippen molar-refractivity contribution < 1.29 is 4.79 Å². The van der Waals surface area contributed by atoms with Gasteiger partial charge in [-0.15, -0.1) is 5.10 Å². The van der Waals surface area contributed by atoms with Crippen molar-refractivity contribution in [2.45, 2.75) is 13.5 Å². The Morgan fingerprint density at radius 2 is 1.83 bits per heavy atom. The molecule has 6 nitrogen and oxygen atoms in total. The van der Waals surface area contributed by atoms with Crippen LogP contribution in [0.4, 0.5) is 5.69 Å². The first-order chi connectivity index (χ1) is 14.1. The normalized spacial score (nSPS) is 11.6. The molecule has 0 atom stereocenters. The van der Waals surface area contributed by atoms with Crippen molar-refractivity contribution in [1.29, 1.82) is 0 Å². The maximum atomic E-state index is 12.4. The molecule has 6 heteroatoms. The number of carbonyl (C=O) groups excluding carboxylic acids is 1. The number of rotatable bonds is 5. The maximum absolute atomic E-state index is 12.4. The molecule has 29 heavy (non-hydrogen) atoms. The first-order valence-corrected chi connectivity index (χ1v) is 9.28. The Kier molecular flexibility index (Phi) is 5.07. The minimum Gasteiger partial charge on any atom is -0.322 e. The number of anilines is 1. The number of aromatic nitrogens is 3. The van der Waals surface area contributed by atoms with E-state index < -0.39 is 0 Å². The van der Waals surface area contributed by atoms with Crippen LogP contribution in [0.3, 0.4) is 0 Å². The Morgan fingerprint density at radius 3 is 2.62 bits per heavy atom. The second-order valence-corrected chi connectivity index (χ2v) is 6.75. The van der Waals surface area contributed by atoms with Crippen LogP contribution in [0.15, 0.2) is 89.9 Å². The van der Waals surface area contributed by atoms with Crippen molar-refractivity contribution in [3.8, 4) is 0 Å². The van der Waals surface area contributed by atoms with E-state index in [0.29, 0.717) is 17.9 Å². The molecule has 1 amide bonds. The number of allylic oxidation sites excluding steroid dienone is 1. The quantitative estimate of drug-likeness (QED) is 0.535. The third-order valence-corrected chi connectivity index (χ3v) is 4.59. The predicted molar refractivity (Wildman–Crippen MR) is 114 cm³/mol. The minimum atomic E-state index is -0.201. The fourth-order valence-corrected chi connectivity index (χ4v) is 3.15. The second-order valence-electron chi connectivity index (χ2n) is 6.75. The summed E-state index contributed by atoms with van der Waals surface area (Å²) in [5.74, 6) is -0.201. The summed E-state index contributed by atoms with van der Waals surface area (Å²) < 4.78 is 2.92. The molecule has 2 aromatic heterocycles. The van der Waals surface area contributed by atoms with Crippen LogP contribution in [-0.2, 0) is 11.3 Å². The van der Waals surface area contributed by atoms with Gasteiger partial charge in [-0.1, -0.05) is 48.5 Å². The van der Waals surface area contributed by atoms with Gasteiger partial charge in [0.25, 0.3) is 0 Å². The largest absolute Gasteiger partial charge is 0.350 e. The van der Waals surface area contributed by atoms with E-state index in [1.165, 1.54) is 9.08 Å². The van der Waals surface area contributed by atoms with Gasteiger partial charge in [-0.05, 0) is 47.9 Å². The topological polar surface area (TPSA) is 68.4 Å². The number of nitrogens with one attached hydrogen (secondary N) is 1. The van der Waals surface area contributed by atoms with Gasteiger partial charge in [0.05, 0.1) is 6.54 Å². The van der Waals surface area contributed by atoms with E-state index >= 15 is 0 Å². The molecule has 0 aliphatic carbocycles. The Hall–Kier alpha value is -3.93. The van der Waals surface area contributed by atoms with Gasteiger partial charge in [0.15, 0.2) is 5.65 Å². The van der Waals surface area contributed by atoms with Crippen LogP contribution in [0.2, 0.25) is 0 Å². The number of amides is 1. The standard InChI is InChI=1S/C23H20N4O2/c1-17(19-9-3-2-4-10-19)14-22(28)24-20-11-7-8-18(15-20)16-27-23(29)26-13-6-5-12-21(26)25-27/h2-15H,16H2,1H3,(H,24,28)/b17-14+. The van der Waals surface area contributed by atoms with Gasteiger partial charge in [0.1, 0.15) is 0 Å². The lowest BCUT2D eigenvalue weighted by Gasteiger charge is -2.07. The Bertz CT molecular complexity index is 1250. The van der Waals surface area contributed by atoms with Crippen LogP contribution < -0.4 is 11.0 Å². The van der Waals surface area contributed by atoms with Crippen molar-refractivity contribution in [3.05, 3.63) is 107 Å². The third kappa shape index (κ3) is 4.16. The number of fused-ring (bicyclic) bond motifs is 1. The first kappa shape index (κ1) is 18.4. The summed E-state index contributed by atoms with van der Waals surface area (Å²) in [7, 11) is 0. The van der Waals surface area contributed by atoms with Crippen molar-refractivity contribution in [1.82, 2.24) is 14.2 Å². The van der Waals surface area contributed by atoms with Gasteiger partial charge < -0.3 is 5.32 Å². The van der Waals surface area contributed by atoms with Crippen LogP contribution in [0.25, 0.3) is 11.2 Å². The summed E-state index contributed by atoms with van der Waals surface area (Å²) >= 11 is 0. The second kappa shape index (κ2) is 7.98. The first-order valence-electron chi connectivity index (χ1n) is 9.28. The number of hydrogen-bond donors (Lipinski definition) is 1. The molecule has 0 unspecified atom stereocenters. The molecule has 0 saturated carbocycles. The van der Waals surface area contributed by atoms with E-state index in [4.69, 9.17) is 0 Å². The van der Waals surface area contributed by atoms with Crippen molar-refractivity contribution in [2.75, 3.05) is 5.32 Å². The maximum Gasteiger partial charge on any atom is 0.350 e. The Morgan fingerprint density at radius 1 is 1.03 bits per heavy atom. The average molecular weight is 384 g/mol. The summed E-state index contributed by atoms with van der Waals surface area (Å²) in [6.45, 7) is 2.23. The number of benzene rings is 2. The monoisotopic (exact) mass is 384 g/mol. The molecule has 0 aliphatic rings. The molecular formula is C23H20N4O2. The minimum absolute atomic E-state index is 0.198. The van der Waals surface area contributed by atoms with E-state index in [1.807, 2.05) is 67.6 Å². The molecule has 144 valence electrons. The van der Waals surface area contributed by atoms with Gasteiger partial charge >= 0.3 is 5.69 Å². The lowest BCUT2D eigenvalue weighted by atomic mass is 10.1. The van der Waals surface area contributed by atoms with Crippen LogP contribution in [-0.4, -0.2) is 20.1 Å². The molecule has 0 fully saturated rings. The van der Waals surface area contributed by atoms with Crippen molar-refractivity contribution in [2.24, 2.45) is 0 Å². The molecule has 2 aromatic carbocycles. The molecule has 0 radical (unpaired) electrons. The zero-order chi connectivity index (χ0) is 20.2. The zero-order valence-electron chi connectivity index (χ0n) is 15.9. The van der Waals surface area contributed by atoms with Crippen LogP contribution in [0.5, 0.6) is 0 Å². The molecule has 4 aromatic rings. The lowest BCUT2D eigenvalue weighted by Crippen LogP contribution is -2.21. The van der Waals surface area contributed by atoms with E-state index in [0.717, 1.165) is 16.7 Å². The summed E-state index contributed by atoms with van der Waals surface area (Å²) in [6.07, 6.45) is 3.27. The molecule has 0 spiro atoms. The van der Waals surface area contributed by atoms with Gasteiger partial charge in [0, 0.05) is 18.0 Å². The van der Waals surface area contributed by atoms with E-state index in [9.17, 15) is 9.59 Å². The highest BCUT2D eigenvalue weighted by molar-refractivity contribution is 6.03. The molecule has 0 bridgehead atoms. The zero-order valence-corrected chi connectivity index (χ0v) is 15.9. The van der Waals surface area contributed by atoms with Crippen LogP contribution in [0, 0.1) is 0 Å². The Labute approximate surface area is 167 Å². The van der Waals surface area contributed by atoms with E-state index in [-0.39, 0.29) is 11.6 Å². The van der Waals surface area contributed by atoms with Crippen molar-refractivity contribution >= 4 is 22.8 Å². The van der Waals surface area contributed by atoms with Crippen LogP contribution in [0.1, 0.15) is 18.1 Å². The smallest absolute Gasteiger partial charge is 0.322 e. The lowest BCUT2D eigenvalue weighted by molar-refractivity contribution is -0.111. The highest BCUT2D eigenvalue weighted by Gasteiger charge is 2.08. The number of pyridine rings is 1. The number of nitrogens with zero attached hydrogens (tertiary/aromatic N) is 3. The molecule has 0 aliphatic heterocycles. The average Bonchev–Trinajstić information content (AvgIpc) is 3.04. The molecule has 4 rings (SSSR count). The van der Waals surface area contributed by atoms with Gasteiger partial charge in [-0.3, -0.25) is 9.20 Å². The summed E-state index contributed by atoms with van der Waals surface area (Å²) in [5.41, 5.74) is 3.83. The molecule has 1 N–H and O–H groups in total. The van der Waals surface area contributed by atoms with E-state index in [2.05, 4.69) is 10.4 Å². The summed E-state index contributed by atoms with van der Waals surface area (Å²) in [4.78, 5) is 24.8. The van der Waals surface area contributed by atoms with Crippen LogP contribution >= 0.6 is 0 Å². The molecular weight excluding hydrogens is 364 g/mol. The number of carbonyl (C=O) groups is 1. The molecule has 0 saturated heterocycles. The van der Waals surface area contributed by atoms with Gasteiger partial charge in [0.2, 0.25) is 5.91 Å². The highest BCUT2D eigenvalue weighted by Crippen LogP contribution is 2.15. The third-order valence-electron chi connectivity index (χ3n) is 4.59. The van der Waals surface area contributed by atoms with Gasteiger partial charge in [-0.2, -0.15) is 0 Å². The number of hydrogen-bond acceptors (Lipinski definition) is 3. The van der Waals surface area contributed by atoms with Gasteiger partial charge in [-0.25, -0.2) is 9.48 Å². The predicted octanol–water partition coefficient (Wildman–Crippen LogP) is 3.59. The van der Waals surface area contributed by atoms with Crippen molar-refractivity contribution in [3.63, 3.8) is 0 Å². The highest BCUT2D eigenvalue weighted by atomic mass is 16.2. The molecule has 2 heterocycles. The summed E-state index contributed by atoms with van der Waals surface area (Å²) in [6, 6.07) is 22.6.